The molecule has 3 N–H and O–H groups in total. The Hall–Kier alpha value is -2.94. The number of fused-ring (bicyclic) bond motifs is 2. The van der Waals surface area contributed by atoms with E-state index in [1.54, 1.807) is 12.3 Å². The number of thiazole rings is 1. The third-order valence-corrected chi connectivity index (χ3v) is 8.51. The van der Waals surface area contributed by atoms with Gasteiger partial charge in [-0.1, -0.05) is 50.6 Å². The summed E-state index contributed by atoms with van der Waals surface area (Å²) in [5.74, 6) is 0.405. The van der Waals surface area contributed by atoms with Crippen LogP contribution in [0.25, 0.3) is 0 Å². The molecule has 37 heavy (non-hydrogen) atoms. The van der Waals surface area contributed by atoms with Gasteiger partial charge in [-0.25, -0.2) is 9.78 Å². The summed E-state index contributed by atoms with van der Waals surface area (Å²) in [4.78, 5) is 44.0. The molecule has 200 valence electrons. The average Bonchev–Trinajstić information content (AvgIpc) is 3.27. The molecule has 2 fully saturated rings. The minimum atomic E-state index is -1.33. The third-order valence-electron chi connectivity index (χ3n) is 7.70. The number of rotatable bonds is 9. The maximum absolute atomic E-state index is 13.8. The van der Waals surface area contributed by atoms with Crippen molar-refractivity contribution >= 4 is 34.4 Å². The van der Waals surface area contributed by atoms with Crippen molar-refractivity contribution in [2.24, 2.45) is 11.8 Å². The zero-order valence-electron chi connectivity index (χ0n) is 21.7. The van der Waals surface area contributed by atoms with E-state index >= 15 is 0 Å². The molecule has 8 nitrogen and oxygen atoms in total. The number of hydrogen-bond donors (Lipinski definition) is 3. The molecule has 2 saturated carbocycles. The monoisotopic (exact) mass is 526 g/mol. The van der Waals surface area contributed by atoms with Crippen LogP contribution in [-0.4, -0.2) is 51.0 Å². The molecular weight excluding hydrogens is 488 g/mol. The van der Waals surface area contributed by atoms with Gasteiger partial charge in [-0.2, -0.15) is 0 Å². The molecule has 0 spiro atoms. The van der Waals surface area contributed by atoms with Crippen LogP contribution in [0.15, 0.2) is 35.7 Å². The Morgan fingerprint density at radius 2 is 1.92 bits per heavy atom. The lowest BCUT2D eigenvalue weighted by molar-refractivity contribution is -0.135. The fourth-order valence-electron chi connectivity index (χ4n) is 6.02. The molecule has 9 heteroatoms. The number of amides is 3. The Labute approximate surface area is 223 Å². The summed E-state index contributed by atoms with van der Waals surface area (Å²) in [6.45, 7) is 3.56. The molecule has 1 aromatic carbocycles. The van der Waals surface area contributed by atoms with Gasteiger partial charge < -0.3 is 15.7 Å². The van der Waals surface area contributed by atoms with Crippen LogP contribution in [0, 0.1) is 19.3 Å². The molecule has 0 aliphatic heterocycles. The quantitative estimate of drug-likeness (QED) is 0.424. The predicted molar refractivity (Wildman–Crippen MR) is 145 cm³/mol. The van der Waals surface area contributed by atoms with E-state index in [4.69, 9.17) is 0 Å². The van der Waals surface area contributed by atoms with Crippen LogP contribution < -0.4 is 10.6 Å². The summed E-state index contributed by atoms with van der Waals surface area (Å²) in [7, 11) is 0. The normalized spacial score (nSPS) is 22.2. The average molecular weight is 527 g/mol. The van der Waals surface area contributed by atoms with Gasteiger partial charge in [-0.3, -0.25) is 14.5 Å². The van der Waals surface area contributed by atoms with Crippen molar-refractivity contribution in [1.29, 1.82) is 0 Å². The zero-order chi connectivity index (χ0) is 25.7. The smallest absolute Gasteiger partial charge is 0.408 e. The molecule has 0 saturated heterocycles. The van der Waals surface area contributed by atoms with Crippen LogP contribution in [-0.2, 0) is 22.4 Å². The first-order valence-electron chi connectivity index (χ1n) is 12.8. The van der Waals surface area contributed by atoms with Gasteiger partial charge in [0.1, 0.15) is 5.54 Å². The third kappa shape index (κ3) is 6.89. The van der Waals surface area contributed by atoms with E-state index in [-0.39, 0.29) is 37.6 Å². The van der Waals surface area contributed by atoms with Crippen molar-refractivity contribution in [2.45, 2.75) is 76.8 Å². The Kier molecular flexibility index (Phi) is 9.70. The highest BCUT2D eigenvalue weighted by Crippen LogP contribution is 2.44. The molecule has 2 radical (unpaired) electrons. The van der Waals surface area contributed by atoms with E-state index in [1.165, 1.54) is 29.6 Å². The van der Waals surface area contributed by atoms with Gasteiger partial charge in [0.15, 0.2) is 5.13 Å². The summed E-state index contributed by atoms with van der Waals surface area (Å²) in [5.41, 5.74) is 0.363. The van der Waals surface area contributed by atoms with Gasteiger partial charge in [0.2, 0.25) is 11.8 Å². The SMILES string of the molecule is CC(=O)Nc1nc(CC(C)(C(=O)NCCc2ccccc2)N(C(=O)O)C2CCC3CCCC2C3)cs1.[CH2]. The van der Waals surface area contributed by atoms with Gasteiger partial charge >= 0.3 is 6.09 Å². The number of hydrogen-bond acceptors (Lipinski definition) is 5. The number of anilines is 1. The van der Waals surface area contributed by atoms with Crippen molar-refractivity contribution < 1.29 is 19.5 Å². The lowest BCUT2D eigenvalue weighted by Gasteiger charge is -2.50. The molecular formula is C28H38N4O4S. The number of carbonyl (C=O) groups excluding carboxylic acids is 2. The van der Waals surface area contributed by atoms with Crippen LogP contribution >= 0.6 is 11.3 Å². The lowest BCUT2D eigenvalue weighted by atomic mass is 9.68. The molecule has 2 aliphatic rings. The largest absolute Gasteiger partial charge is 0.465 e. The second-order valence-electron chi connectivity index (χ2n) is 10.4. The maximum atomic E-state index is 13.8. The highest BCUT2D eigenvalue weighted by atomic mass is 32.1. The molecule has 4 atom stereocenters. The number of nitrogens with zero attached hydrogens (tertiary/aromatic N) is 2. The van der Waals surface area contributed by atoms with E-state index in [9.17, 15) is 19.5 Å². The topological polar surface area (TPSA) is 112 Å². The van der Waals surface area contributed by atoms with Gasteiger partial charge in [0, 0.05) is 31.3 Å². The van der Waals surface area contributed by atoms with E-state index in [0.29, 0.717) is 29.7 Å². The summed E-state index contributed by atoms with van der Waals surface area (Å²) in [5, 5.41) is 18.4. The number of aromatic nitrogens is 1. The first-order chi connectivity index (χ1) is 17.3. The second kappa shape index (κ2) is 12.5. The number of carboxylic acid groups (broad SMARTS) is 1. The standard InChI is InChI=1S/C27H36N4O4S.CH2/c1-18(32)29-25-30-22(17-36-25)16-27(2,24(33)28-14-13-19-7-4-3-5-8-19)31(26(34)35)23-12-11-20-9-6-10-21(23)15-20;/h3-5,7-8,17,20-21,23H,6,9-16H2,1-2H3,(H,28,33)(H,34,35)(H,29,30,32);1H2. The van der Waals surface area contributed by atoms with Crippen LogP contribution in [0.5, 0.6) is 0 Å². The summed E-state index contributed by atoms with van der Waals surface area (Å²) < 4.78 is 0. The van der Waals surface area contributed by atoms with E-state index in [2.05, 4.69) is 15.6 Å². The minimum Gasteiger partial charge on any atom is -0.465 e. The Morgan fingerprint density at radius 1 is 1.16 bits per heavy atom. The number of nitrogens with one attached hydrogen (secondary N) is 2. The van der Waals surface area contributed by atoms with Crippen molar-refractivity contribution in [3.05, 3.63) is 54.4 Å². The summed E-state index contributed by atoms with van der Waals surface area (Å²) >= 11 is 1.27. The Bertz CT molecular complexity index is 1080. The molecule has 4 unspecified atom stereocenters. The van der Waals surface area contributed by atoms with Gasteiger partial charge in [-0.15, -0.1) is 11.3 Å². The van der Waals surface area contributed by atoms with Crippen LogP contribution in [0.4, 0.5) is 9.93 Å². The molecule has 1 heterocycles. The zero-order valence-corrected chi connectivity index (χ0v) is 22.6. The fourth-order valence-corrected chi connectivity index (χ4v) is 6.78. The highest BCUT2D eigenvalue weighted by Gasteiger charge is 2.50. The first kappa shape index (κ1) is 28.6. The summed E-state index contributed by atoms with van der Waals surface area (Å²) in [6, 6.07) is 9.70. The lowest BCUT2D eigenvalue weighted by Crippen LogP contribution is -2.65. The van der Waals surface area contributed by atoms with Crippen LogP contribution in [0.1, 0.15) is 63.6 Å². The second-order valence-corrected chi connectivity index (χ2v) is 11.2. The minimum absolute atomic E-state index is 0. The van der Waals surface area contributed by atoms with Gasteiger partial charge in [-0.05, 0) is 56.4 Å². The van der Waals surface area contributed by atoms with E-state index in [0.717, 1.165) is 37.7 Å². The fraction of sp³-hybridized carbons (Fsp3) is 0.536. The van der Waals surface area contributed by atoms with Crippen molar-refractivity contribution in [3.8, 4) is 0 Å². The number of carbonyl (C=O) groups is 3. The van der Waals surface area contributed by atoms with E-state index in [1.807, 2.05) is 30.3 Å². The predicted octanol–water partition coefficient (Wildman–Crippen LogP) is 5.04. The molecule has 2 aromatic rings. The maximum Gasteiger partial charge on any atom is 0.408 e. The Balaban J connectivity index is 0.00000380. The van der Waals surface area contributed by atoms with E-state index < -0.39 is 11.6 Å². The molecule has 2 aliphatic carbocycles. The molecule has 3 amide bonds. The summed E-state index contributed by atoms with van der Waals surface area (Å²) in [6.07, 6.45) is 5.88. The van der Waals surface area contributed by atoms with Crippen LogP contribution in [0.3, 0.4) is 0 Å². The number of benzene rings is 1. The highest BCUT2D eigenvalue weighted by molar-refractivity contribution is 7.13. The van der Waals surface area contributed by atoms with Crippen molar-refractivity contribution in [2.75, 3.05) is 11.9 Å². The van der Waals surface area contributed by atoms with Crippen molar-refractivity contribution in [1.82, 2.24) is 15.2 Å². The van der Waals surface area contributed by atoms with Gasteiger partial charge in [0.05, 0.1) is 5.69 Å². The first-order valence-corrected chi connectivity index (χ1v) is 13.7. The Morgan fingerprint density at radius 3 is 2.62 bits per heavy atom. The van der Waals surface area contributed by atoms with Gasteiger partial charge in [0.25, 0.3) is 0 Å². The molecule has 4 rings (SSSR count). The molecule has 1 aromatic heterocycles. The van der Waals surface area contributed by atoms with Crippen LogP contribution in [0.2, 0.25) is 0 Å². The van der Waals surface area contributed by atoms with Crippen molar-refractivity contribution in [3.63, 3.8) is 0 Å². The molecule has 2 bridgehead atoms.